The minimum Gasteiger partial charge on any atom is -0.474 e. The van der Waals surface area contributed by atoms with Crippen LogP contribution in [-0.4, -0.2) is 55.0 Å². The van der Waals surface area contributed by atoms with Crippen LogP contribution in [0.5, 0.6) is 5.88 Å². The van der Waals surface area contributed by atoms with E-state index in [1.54, 1.807) is 0 Å². The Labute approximate surface area is 190 Å². The quantitative estimate of drug-likeness (QED) is 0.377. The first-order valence-electron chi connectivity index (χ1n) is 9.97. The fraction of sp³-hybridized carbons (Fsp3) is 0.182. The van der Waals surface area contributed by atoms with Crippen molar-refractivity contribution >= 4 is 17.4 Å². The van der Waals surface area contributed by atoms with Gasteiger partial charge >= 0.3 is 6.18 Å². The lowest BCUT2D eigenvalue weighted by atomic mass is 10.0. The molecule has 1 amide bonds. The summed E-state index contributed by atoms with van der Waals surface area (Å²) in [7, 11) is 0. The number of hydrogen-bond acceptors (Lipinski definition) is 7. The molecule has 3 heterocycles. The Hall–Kier alpha value is -4.03. The summed E-state index contributed by atoms with van der Waals surface area (Å²) in [5.41, 5.74) is -0.584. The third-order valence-electron chi connectivity index (χ3n) is 4.75. The van der Waals surface area contributed by atoms with Crippen LogP contribution in [-0.2, 0) is 6.18 Å². The van der Waals surface area contributed by atoms with Crippen LogP contribution in [0.15, 0.2) is 60.9 Å². The third-order valence-corrected chi connectivity index (χ3v) is 4.75. The van der Waals surface area contributed by atoms with Gasteiger partial charge in [-0.25, -0.2) is 9.97 Å². The summed E-state index contributed by atoms with van der Waals surface area (Å²) < 4.78 is 46.9. The first-order chi connectivity index (χ1) is 16.3. The van der Waals surface area contributed by atoms with Gasteiger partial charge in [0.05, 0.1) is 24.1 Å². The van der Waals surface area contributed by atoms with Crippen molar-refractivity contribution in [3.05, 3.63) is 72.1 Å². The van der Waals surface area contributed by atoms with Gasteiger partial charge in [0.2, 0.25) is 5.88 Å². The fourth-order valence-electron chi connectivity index (χ4n) is 3.15. The van der Waals surface area contributed by atoms with Crippen molar-refractivity contribution in [3.63, 3.8) is 0 Å². The number of fused-ring (bicyclic) bond motifs is 1. The number of rotatable bonds is 7. The van der Waals surface area contributed by atoms with Crippen molar-refractivity contribution in [2.45, 2.75) is 12.3 Å². The van der Waals surface area contributed by atoms with E-state index in [-0.39, 0.29) is 35.1 Å². The predicted octanol–water partition coefficient (Wildman–Crippen LogP) is 2.79. The molecule has 3 aromatic heterocycles. The van der Waals surface area contributed by atoms with E-state index in [0.29, 0.717) is 5.65 Å². The Morgan fingerprint density at radius 1 is 1.12 bits per heavy atom. The molecule has 0 spiro atoms. The molecule has 3 N–H and O–H groups in total. The molecule has 1 unspecified atom stereocenters. The van der Waals surface area contributed by atoms with Gasteiger partial charge < -0.3 is 20.3 Å². The molecule has 0 aliphatic carbocycles. The molecule has 1 atom stereocenters. The van der Waals surface area contributed by atoms with Gasteiger partial charge in [0.1, 0.15) is 18.3 Å². The lowest BCUT2D eigenvalue weighted by molar-refractivity contribution is -0.137. The van der Waals surface area contributed by atoms with Gasteiger partial charge in [-0.3, -0.25) is 4.79 Å². The monoisotopic (exact) mass is 473 g/mol. The lowest BCUT2D eigenvalue weighted by Gasteiger charge is -2.13. The number of ether oxygens (including phenoxy) is 1. The van der Waals surface area contributed by atoms with Crippen LogP contribution in [0.4, 0.5) is 19.0 Å². The highest BCUT2D eigenvalue weighted by molar-refractivity contribution is 6.05. The minimum absolute atomic E-state index is 0.0289. The highest BCUT2D eigenvalue weighted by Crippen LogP contribution is 2.36. The van der Waals surface area contributed by atoms with Crippen LogP contribution in [0.2, 0.25) is 0 Å². The smallest absolute Gasteiger partial charge is 0.417 e. The average molecular weight is 473 g/mol. The molecule has 1 aromatic carbocycles. The van der Waals surface area contributed by atoms with Crippen LogP contribution in [0.25, 0.3) is 16.9 Å². The number of aliphatic hydroxyl groups is 2. The molecule has 0 saturated heterocycles. The number of anilines is 1. The van der Waals surface area contributed by atoms with E-state index in [0.717, 1.165) is 6.07 Å². The van der Waals surface area contributed by atoms with Gasteiger partial charge in [0.25, 0.3) is 5.91 Å². The maximum absolute atomic E-state index is 13.4. The largest absolute Gasteiger partial charge is 0.474 e. The number of benzene rings is 1. The molecule has 176 valence electrons. The molecular weight excluding hydrogens is 455 g/mol. The predicted molar refractivity (Wildman–Crippen MR) is 114 cm³/mol. The Kier molecular flexibility index (Phi) is 6.43. The van der Waals surface area contributed by atoms with E-state index in [2.05, 4.69) is 20.4 Å². The number of nitrogens with one attached hydrogen (secondary N) is 1. The van der Waals surface area contributed by atoms with Gasteiger partial charge in [-0.15, -0.1) is 0 Å². The van der Waals surface area contributed by atoms with Crippen LogP contribution in [0.1, 0.15) is 15.9 Å². The maximum atomic E-state index is 13.4. The Morgan fingerprint density at radius 2 is 1.91 bits per heavy atom. The molecule has 4 rings (SSSR count). The second-order valence-corrected chi connectivity index (χ2v) is 7.13. The number of hydrogen-bond donors (Lipinski definition) is 3. The van der Waals surface area contributed by atoms with Crippen molar-refractivity contribution in [3.8, 4) is 17.1 Å². The average Bonchev–Trinajstić information content (AvgIpc) is 3.24. The van der Waals surface area contributed by atoms with Crippen molar-refractivity contribution in [2.24, 2.45) is 0 Å². The van der Waals surface area contributed by atoms with Gasteiger partial charge in [0, 0.05) is 11.8 Å². The molecule has 0 aliphatic rings. The number of halogens is 3. The number of aromatic nitrogens is 4. The number of carbonyl (C=O) groups excluding carboxylic acids is 1. The zero-order chi connectivity index (χ0) is 24.3. The van der Waals surface area contributed by atoms with E-state index in [9.17, 15) is 23.1 Å². The van der Waals surface area contributed by atoms with Crippen molar-refractivity contribution in [1.29, 1.82) is 0 Å². The molecule has 0 saturated carbocycles. The van der Waals surface area contributed by atoms with E-state index < -0.39 is 30.4 Å². The Morgan fingerprint density at radius 3 is 2.68 bits per heavy atom. The van der Waals surface area contributed by atoms with Crippen molar-refractivity contribution in [1.82, 2.24) is 19.6 Å². The summed E-state index contributed by atoms with van der Waals surface area (Å²) in [5.74, 6) is -0.614. The summed E-state index contributed by atoms with van der Waals surface area (Å²) in [6.07, 6.45) is -3.03. The number of pyridine rings is 1. The second kappa shape index (κ2) is 9.45. The molecule has 4 aromatic rings. The first-order valence-corrected chi connectivity index (χ1v) is 9.97. The zero-order valence-corrected chi connectivity index (χ0v) is 17.4. The Balaban J connectivity index is 1.65. The number of alkyl halides is 3. The topological polar surface area (TPSA) is 122 Å². The highest BCUT2D eigenvalue weighted by Gasteiger charge is 2.33. The number of amides is 1. The molecular formula is C22H18F3N5O4. The Bertz CT molecular complexity index is 1330. The third kappa shape index (κ3) is 4.82. The van der Waals surface area contributed by atoms with Gasteiger partial charge in [-0.2, -0.15) is 22.8 Å². The van der Waals surface area contributed by atoms with E-state index in [1.807, 2.05) is 0 Å². The molecule has 0 radical (unpaired) electrons. The second-order valence-electron chi connectivity index (χ2n) is 7.13. The number of aliphatic hydroxyl groups excluding tert-OH is 2. The molecule has 34 heavy (non-hydrogen) atoms. The van der Waals surface area contributed by atoms with Gasteiger partial charge in [-0.1, -0.05) is 18.2 Å². The maximum Gasteiger partial charge on any atom is 0.417 e. The first kappa shape index (κ1) is 23.1. The summed E-state index contributed by atoms with van der Waals surface area (Å²) >= 11 is 0. The van der Waals surface area contributed by atoms with Gasteiger partial charge in [-0.05, 0) is 30.3 Å². The molecule has 9 nitrogen and oxygen atoms in total. The van der Waals surface area contributed by atoms with E-state index in [4.69, 9.17) is 9.84 Å². The molecule has 12 heteroatoms. The van der Waals surface area contributed by atoms with Gasteiger partial charge in [0.15, 0.2) is 11.5 Å². The summed E-state index contributed by atoms with van der Waals surface area (Å²) in [6.45, 7) is -0.811. The lowest BCUT2D eigenvalue weighted by Crippen LogP contribution is -2.23. The number of imidazole rings is 1. The summed E-state index contributed by atoms with van der Waals surface area (Å²) in [6, 6.07) is 10.9. The van der Waals surface area contributed by atoms with Crippen LogP contribution >= 0.6 is 0 Å². The summed E-state index contributed by atoms with van der Waals surface area (Å²) in [5, 5.41) is 25.2. The molecule has 0 bridgehead atoms. The van der Waals surface area contributed by atoms with Crippen LogP contribution < -0.4 is 10.1 Å². The van der Waals surface area contributed by atoms with Crippen LogP contribution in [0.3, 0.4) is 0 Å². The zero-order valence-electron chi connectivity index (χ0n) is 17.4. The number of carbonyl (C=O) groups is 1. The standard InChI is InChI=1S/C22H18F3N5O4/c23-22(24,25)16-6-2-1-4-14(16)17-7-8-18-27-10-19(30(18)29-17)28-20(33)15-5-3-9-26-21(15)34-12-13(32)11-31/h1-10,13,31-32H,11-12H2,(H,28,33). The van der Waals surface area contributed by atoms with Crippen molar-refractivity contribution in [2.75, 3.05) is 18.5 Å². The summed E-state index contributed by atoms with van der Waals surface area (Å²) in [4.78, 5) is 21.0. The normalized spacial score (nSPS) is 12.5. The number of nitrogens with zero attached hydrogens (tertiary/aromatic N) is 4. The van der Waals surface area contributed by atoms with Crippen LogP contribution in [0, 0.1) is 0 Å². The van der Waals surface area contributed by atoms with E-state index in [1.165, 1.54) is 59.4 Å². The molecule has 0 fully saturated rings. The van der Waals surface area contributed by atoms with Crippen molar-refractivity contribution < 1.29 is 32.9 Å². The van der Waals surface area contributed by atoms with E-state index >= 15 is 0 Å². The fourth-order valence-corrected chi connectivity index (χ4v) is 3.15. The molecule has 0 aliphatic heterocycles. The minimum atomic E-state index is -4.57. The SMILES string of the molecule is O=C(Nc1cnc2ccc(-c3ccccc3C(F)(F)F)nn12)c1cccnc1OCC(O)CO. The highest BCUT2D eigenvalue weighted by atomic mass is 19.4.